The number of carbonyl (C=O) groups is 1. The van der Waals surface area contributed by atoms with E-state index < -0.39 is 12.6 Å². The van der Waals surface area contributed by atoms with Crippen LogP contribution in [0.2, 0.25) is 0 Å². The molecule has 0 aromatic rings. The van der Waals surface area contributed by atoms with Gasteiger partial charge in [0.25, 0.3) is 0 Å². The molecular weight excluding hydrogens is 276 g/mol. The minimum Gasteiger partial charge on any atom is -0.547 e. The van der Waals surface area contributed by atoms with Crippen LogP contribution in [0.15, 0.2) is 0 Å². The summed E-state index contributed by atoms with van der Waals surface area (Å²) in [6.07, 6.45) is 0. The zero-order valence-corrected chi connectivity index (χ0v) is 8.61. The summed E-state index contributed by atoms with van der Waals surface area (Å²) in [4.78, 5) is 8.88. The second-order valence-corrected chi connectivity index (χ2v) is 0.506. The van der Waals surface area contributed by atoms with Crippen molar-refractivity contribution in [3.8, 4) is 0 Å². The number of alkyl halides is 1. The van der Waals surface area contributed by atoms with Crippen molar-refractivity contribution in [1.29, 1.82) is 0 Å². The molecule has 0 spiro atoms. The fourth-order valence-electron chi connectivity index (χ4n) is 0. The van der Waals surface area contributed by atoms with Crippen LogP contribution in [0.1, 0.15) is 0 Å². The minimum absolute atomic E-state index is 0. The van der Waals surface area contributed by atoms with Crippen LogP contribution in [0.5, 0.6) is 0 Å². The van der Waals surface area contributed by atoms with Crippen LogP contribution < -0.4 is 5.11 Å². The minimum atomic E-state index is -1.66. The maximum atomic E-state index is 10.5. The van der Waals surface area contributed by atoms with Gasteiger partial charge in [-0.25, -0.2) is 4.39 Å². The van der Waals surface area contributed by atoms with E-state index in [0.29, 0.717) is 0 Å². The maximum absolute atomic E-state index is 10.5. The van der Waals surface area contributed by atoms with Gasteiger partial charge in [-0.3, -0.25) is 0 Å². The molecule has 0 aliphatic rings. The molecule has 30 valence electrons. The molecule has 0 aromatic heterocycles. The van der Waals surface area contributed by atoms with Gasteiger partial charge in [0.2, 0.25) is 0 Å². The summed E-state index contributed by atoms with van der Waals surface area (Å²) in [7, 11) is 0. The van der Waals surface area contributed by atoms with E-state index in [1.54, 1.807) is 0 Å². The van der Waals surface area contributed by atoms with Crippen molar-refractivity contribution in [2.45, 2.75) is 0 Å². The fourth-order valence-corrected chi connectivity index (χ4v) is 0. The molecule has 0 rings (SSSR count). The summed E-state index contributed by atoms with van der Waals surface area (Å²) in [6.45, 7) is -1.39. The van der Waals surface area contributed by atoms with Gasteiger partial charge >= 0.3 is 27.7 Å². The van der Waals surface area contributed by atoms with Crippen molar-refractivity contribution in [2.75, 3.05) is 6.67 Å². The van der Waals surface area contributed by atoms with Crippen molar-refractivity contribution in [3.63, 3.8) is 0 Å². The normalized spacial score (nSPS) is 6.17. The average Bonchev–Trinajstić information content (AvgIpc) is 1.38. The Kier molecular flexibility index (Phi) is 8.53. The van der Waals surface area contributed by atoms with Crippen LogP contribution in [0.25, 0.3) is 0 Å². The number of hydrogen-bond acceptors (Lipinski definition) is 2. The van der Waals surface area contributed by atoms with Crippen LogP contribution in [-0.4, -0.2) is 12.6 Å². The largest absolute Gasteiger partial charge is 2.00 e. The predicted octanol–water partition coefficient (Wildman–Crippen LogP) is -1.30. The Balaban J connectivity index is 0. The molecule has 4 heteroatoms. The zero-order chi connectivity index (χ0) is 4.28. The van der Waals surface area contributed by atoms with Gasteiger partial charge in [-0.1, -0.05) is 0 Å². The third-order valence-corrected chi connectivity index (χ3v) is 0.109. The Morgan fingerprint density at radius 3 is 2.00 bits per heavy atom. The first kappa shape index (κ1) is 9.59. The van der Waals surface area contributed by atoms with Gasteiger partial charge in [0.1, 0.15) is 6.67 Å². The van der Waals surface area contributed by atoms with E-state index in [1.807, 2.05) is 0 Å². The number of rotatable bonds is 1. The summed E-state index contributed by atoms with van der Waals surface area (Å²) in [6, 6.07) is 0. The van der Waals surface area contributed by atoms with Crippen molar-refractivity contribution >= 4 is 5.97 Å². The summed E-state index contributed by atoms with van der Waals surface area (Å²) >= 11 is 0. The van der Waals surface area contributed by atoms with E-state index in [0.717, 1.165) is 0 Å². The molecule has 0 saturated heterocycles. The first-order valence-electron chi connectivity index (χ1n) is 1.03. The molecule has 0 saturated carbocycles. The first-order valence-corrected chi connectivity index (χ1v) is 1.03. The van der Waals surface area contributed by atoms with Gasteiger partial charge in [0.05, 0.1) is 5.97 Å². The molecule has 0 unspecified atom stereocenters. The molecule has 6 heavy (non-hydrogen) atoms. The molecule has 0 aliphatic carbocycles. The third kappa shape index (κ3) is 8.84. The third-order valence-electron chi connectivity index (χ3n) is 0.109. The van der Waals surface area contributed by atoms with Crippen LogP contribution in [0, 0.1) is 0 Å². The van der Waals surface area contributed by atoms with E-state index in [9.17, 15) is 4.39 Å². The number of halogens is 1. The molecule has 0 aliphatic heterocycles. The molecule has 0 atom stereocenters. The second kappa shape index (κ2) is 5.34. The fraction of sp³-hybridized carbons (Fsp3) is 0.500. The molecule has 0 heterocycles. The Bertz CT molecular complexity index is 46.8. The maximum Gasteiger partial charge on any atom is 2.00 e. The topological polar surface area (TPSA) is 40.1 Å². The number of carbonyl (C=O) groups excluding carboxylic acids is 1. The first-order chi connectivity index (χ1) is 2.27. The molecule has 0 radical (unpaired) electrons. The van der Waals surface area contributed by atoms with E-state index >= 15 is 0 Å². The van der Waals surface area contributed by atoms with Gasteiger partial charge in [0, 0.05) is 0 Å². The molecule has 0 N–H and O–H groups in total. The van der Waals surface area contributed by atoms with Crippen LogP contribution in [0.4, 0.5) is 4.39 Å². The Morgan fingerprint density at radius 2 is 2.00 bits per heavy atom. The van der Waals surface area contributed by atoms with E-state index in [4.69, 9.17) is 9.90 Å². The van der Waals surface area contributed by atoms with Gasteiger partial charge in [-0.15, -0.1) is 0 Å². The summed E-state index contributed by atoms with van der Waals surface area (Å²) in [5, 5.41) is 8.88. The van der Waals surface area contributed by atoms with Crippen molar-refractivity contribution in [3.05, 3.63) is 0 Å². The number of carboxylic acids is 1. The Morgan fingerprint density at radius 1 is 1.83 bits per heavy atom. The van der Waals surface area contributed by atoms with Crippen LogP contribution in [-0.2, 0) is 32.5 Å². The van der Waals surface area contributed by atoms with Crippen molar-refractivity contribution < 1.29 is 42.0 Å². The average molecular weight is 278 g/mol. The van der Waals surface area contributed by atoms with Crippen LogP contribution in [0.3, 0.4) is 0 Å². The van der Waals surface area contributed by atoms with Gasteiger partial charge in [-0.05, 0) is 0 Å². The Labute approximate surface area is 54.9 Å². The SMILES string of the molecule is O=C([O-])CF.[Hg+2]. The molecule has 0 bridgehead atoms. The molecular formula is C2H2FHgO2+. The molecule has 2 nitrogen and oxygen atoms in total. The zero-order valence-electron chi connectivity index (χ0n) is 3.11. The second-order valence-electron chi connectivity index (χ2n) is 0.506. The number of carboxylic acid groups (broad SMARTS) is 1. The smallest absolute Gasteiger partial charge is 0.547 e. The summed E-state index contributed by atoms with van der Waals surface area (Å²) in [5.41, 5.74) is 0. The van der Waals surface area contributed by atoms with E-state index in [2.05, 4.69) is 0 Å². The standard InChI is InChI=1S/C2H3FO2.Hg/c3-1-2(4)5;/h1H2,(H,4,5);/q;+2/p-1. The Hall–Kier alpha value is 0.335. The number of aliphatic carboxylic acids is 1. The van der Waals surface area contributed by atoms with Gasteiger partial charge in [0.15, 0.2) is 0 Å². The quantitative estimate of drug-likeness (QED) is 0.559. The summed E-state index contributed by atoms with van der Waals surface area (Å²) in [5.74, 6) is -1.66. The van der Waals surface area contributed by atoms with Gasteiger partial charge < -0.3 is 9.90 Å². The van der Waals surface area contributed by atoms with E-state index in [1.165, 1.54) is 0 Å². The van der Waals surface area contributed by atoms with Crippen molar-refractivity contribution in [2.24, 2.45) is 0 Å². The van der Waals surface area contributed by atoms with Gasteiger partial charge in [-0.2, -0.15) is 0 Å². The summed E-state index contributed by atoms with van der Waals surface area (Å²) < 4.78 is 10.5. The monoisotopic (exact) mass is 279 g/mol. The molecule has 0 fully saturated rings. The molecule has 0 aromatic carbocycles. The van der Waals surface area contributed by atoms with Crippen LogP contribution >= 0.6 is 0 Å². The molecule has 0 amide bonds. The van der Waals surface area contributed by atoms with Crippen molar-refractivity contribution in [1.82, 2.24) is 0 Å². The predicted molar refractivity (Wildman–Crippen MR) is 11.0 cm³/mol. The van der Waals surface area contributed by atoms with E-state index in [-0.39, 0.29) is 27.7 Å². The number of hydrogen-bond donors (Lipinski definition) is 0.